The van der Waals surface area contributed by atoms with Crippen LogP contribution >= 0.6 is 0 Å². The number of nitrogens with one attached hydrogen (secondary N) is 1. The van der Waals surface area contributed by atoms with Crippen LogP contribution in [0.15, 0.2) is 18.2 Å². The highest BCUT2D eigenvalue weighted by atomic mass is 16.5. The third-order valence-electron chi connectivity index (χ3n) is 3.95. The Kier molecular flexibility index (Phi) is 7.91. The van der Waals surface area contributed by atoms with Crippen LogP contribution in [0.25, 0.3) is 0 Å². The van der Waals surface area contributed by atoms with Gasteiger partial charge >= 0.3 is 0 Å². The van der Waals surface area contributed by atoms with E-state index in [-0.39, 0.29) is 5.91 Å². The van der Waals surface area contributed by atoms with Crippen LogP contribution in [0.2, 0.25) is 0 Å². The van der Waals surface area contributed by atoms with Gasteiger partial charge in [0.15, 0.2) is 0 Å². The minimum absolute atomic E-state index is 0.155. The van der Waals surface area contributed by atoms with E-state index in [1.54, 1.807) is 7.11 Å². The molecule has 0 aliphatic carbocycles. The zero-order valence-electron chi connectivity index (χ0n) is 13.9. The molecule has 5 heteroatoms. The van der Waals surface area contributed by atoms with Gasteiger partial charge in [-0.1, -0.05) is 20.3 Å². The second kappa shape index (κ2) is 9.43. The van der Waals surface area contributed by atoms with Crippen LogP contribution in [0.4, 0.5) is 5.69 Å². The zero-order valence-corrected chi connectivity index (χ0v) is 13.9. The summed E-state index contributed by atoms with van der Waals surface area (Å²) in [7, 11) is 1.66. The summed E-state index contributed by atoms with van der Waals surface area (Å²) < 4.78 is 5.39. The molecular weight excluding hydrogens is 278 g/mol. The molecule has 0 aliphatic rings. The highest BCUT2D eigenvalue weighted by Crippen LogP contribution is 2.31. The van der Waals surface area contributed by atoms with E-state index in [9.17, 15) is 4.79 Å². The molecule has 0 bridgehead atoms. The second-order valence-electron chi connectivity index (χ2n) is 5.65. The highest BCUT2D eigenvalue weighted by molar-refractivity contribution is 5.94. The van der Waals surface area contributed by atoms with E-state index in [1.165, 1.54) is 0 Å². The minimum Gasteiger partial charge on any atom is -0.496 e. The number of rotatable bonds is 9. The highest BCUT2D eigenvalue weighted by Gasteiger charge is 2.15. The van der Waals surface area contributed by atoms with Crippen molar-refractivity contribution in [1.29, 1.82) is 0 Å². The molecule has 0 saturated carbocycles. The molecule has 0 saturated heterocycles. The smallest absolute Gasteiger partial charge is 0.241 e. The first-order valence-electron chi connectivity index (χ1n) is 7.97. The van der Waals surface area contributed by atoms with Crippen LogP contribution in [0.1, 0.15) is 51.0 Å². The van der Waals surface area contributed by atoms with E-state index in [0.29, 0.717) is 18.9 Å². The molecule has 1 unspecified atom stereocenters. The van der Waals surface area contributed by atoms with Crippen molar-refractivity contribution in [2.75, 3.05) is 19.0 Å². The summed E-state index contributed by atoms with van der Waals surface area (Å²) in [5.41, 5.74) is 13.2. The number of anilines is 1. The van der Waals surface area contributed by atoms with Gasteiger partial charge in [-0.2, -0.15) is 0 Å². The van der Waals surface area contributed by atoms with E-state index in [2.05, 4.69) is 19.2 Å². The Bertz CT molecular complexity index is 477. The van der Waals surface area contributed by atoms with Crippen LogP contribution in [0.3, 0.4) is 0 Å². The van der Waals surface area contributed by atoms with Crippen molar-refractivity contribution in [2.24, 2.45) is 11.5 Å². The number of benzene rings is 1. The largest absolute Gasteiger partial charge is 0.496 e. The lowest BCUT2D eigenvalue weighted by atomic mass is 9.97. The lowest BCUT2D eigenvalue weighted by Gasteiger charge is -2.17. The molecule has 0 aromatic heterocycles. The second-order valence-corrected chi connectivity index (χ2v) is 5.65. The van der Waals surface area contributed by atoms with Crippen molar-refractivity contribution in [1.82, 2.24) is 0 Å². The fraction of sp³-hybridized carbons (Fsp3) is 0.588. The summed E-state index contributed by atoms with van der Waals surface area (Å²) in [6, 6.07) is 5.20. The molecule has 0 heterocycles. The van der Waals surface area contributed by atoms with Gasteiger partial charge in [0.1, 0.15) is 5.75 Å². The molecule has 5 N–H and O–H groups in total. The van der Waals surface area contributed by atoms with Crippen LogP contribution < -0.4 is 21.5 Å². The number of nitrogens with two attached hydrogens (primary N) is 2. The maximum atomic E-state index is 12.1. The summed E-state index contributed by atoms with van der Waals surface area (Å²) >= 11 is 0. The Hall–Kier alpha value is -1.59. The predicted octanol–water partition coefficient (Wildman–Crippen LogP) is 2.60. The number of carbonyl (C=O) groups is 1. The SMILES string of the molecule is CCC(C)c1cc(NC(=O)[C@@H](N)CCCCN)ccc1OC. The lowest BCUT2D eigenvalue weighted by Crippen LogP contribution is -2.35. The first-order chi connectivity index (χ1) is 10.5. The van der Waals surface area contributed by atoms with Crippen LogP contribution in [-0.4, -0.2) is 25.6 Å². The summed E-state index contributed by atoms with van der Waals surface area (Å²) in [6.45, 7) is 4.90. The summed E-state index contributed by atoms with van der Waals surface area (Å²) in [5, 5.41) is 2.89. The van der Waals surface area contributed by atoms with E-state index < -0.39 is 6.04 Å². The number of hydrogen-bond acceptors (Lipinski definition) is 4. The number of methoxy groups -OCH3 is 1. The molecule has 0 fully saturated rings. The molecule has 1 aromatic carbocycles. The molecule has 0 radical (unpaired) electrons. The summed E-state index contributed by atoms with van der Waals surface area (Å²) in [4.78, 5) is 12.1. The third kappa shape index (κ3) is 5.31. The number of carbonyl (C=O) groups excluding carboxylic acids is 1. The quantitative estimate of drug-likeness (QED) is 0.612. The lowest BCUT2D eigenvalue weighted by molar-refractivity contribution is -0.117. The molecule has 2 atom stereocenters. The molecule has 22 heavy (non-hydrogen) atoms. The van der Waals surface area contributed by atoms with Gasteiger partial charge < -0.3 is 21.5 Å². The van der Waals surface area contributed by atoms with E-state index in [1.807, 2.05) is 18.2 Å². The average molecular weight is 307 g/mol. The van der Waals surface area contributed by atoms with Crippen molar-refractivity contribution in [3.63, 3.8) is 0 Å². The molecule has 1 rings (SSSR count). The van der Waals surface area contributed by atoms with Gasteiger partial charge in [0.25, 0.3) is 0 Å². The average Bonchev–Trinajstić information content (AvgIpc) is 2.54. The number of amides is 1. The van der Waals surface area contributed by atoms with Crippen molar-refractivity contribution < 1.29 is 9.53 Å². The van der Waals surface area contributed by atoms with Crippen LogP contribution in [0.5, 0.6) is 5.75 Å². The van der Waals surface area contributed by atoms with Crippen molar-refractivity contribution in [2.45, 2.75) is 51.5 Å². The first-order valence-corrected chi connectivity index (χ1v) is 7.97. The standard InChI is InChI=1S/C17H29N3O2/c1-4-12(2)14-11-13(8-9-16(14)22-3)20-17(21)15(19)7-5-6-10-18/h8-9,11-12,15H,4-7,10,18-19H2,1-3H3,(H,20,21)/t12?,15-/m0/s1. The normalized spacial score (nSPS) is 13.5. The Morgan fingerprint density at radius 1 is 1.36 bits per heavy atom. The predicted molar refractivity (Wildman–Crippen MR) is 91.2 cm³/mol. The van der Waals surface area contributed by atoms with Gasteiger partial charge in [-0.05, 0) is 55.5 Å². The molecular formula is C17H29N3O2. The van der Waals surface area contributed by atoms with E-state index >= 15 is 0 Å². The fourth-order valence-corrected chi connectivity index (χ4v) is 2.29. The number of hydrogen-bond donors (Lipinski definition) is 3. The molecule has 0 spiro atoms. The Morgan fingerprint density at radius 2 is 2.09 bits per heavy atom. The van der Waals surface area contributed by atoms with Crippen molar-refractivity contribution in [3.8, 4) is 5.75 Å². The van der Waals surface area contributed by atoms with Crippen LogP contribution in [0, 0.1) is 0 Å². The fourth-order valence-electron chi connectivity index (χ4n) is 2.29. The molecule has 0 aliphatic heterocycles. The van der Waals surface area contributed by atoms with Crippen molar-refractivity contribution >= 4 is 11.6 Å². The monoisotopic (exact) mass is 307 g/mol. The van der Waals surface area contributed by atoms with E-state index in [4.69, 9.17) is 16.2 Å². The summed E-state index contributed by atoms with van der Waals surface area (Å²) in [6.07, 6.45) is 3.41. The molecule has 1 amide bonds. The van der Waals surface area contributed by atoms with E-state index in [0.717, 1.165) is 36.3 Å². The van der Waals surface area contributed by atoms with Gasteiger partial charge in [-0.25, -0.2) is 0 Å². The zero-order chi connectivity index (χ0) is 16.5. The third-order valence-corrected chi connectivity index (χ3v) is 3.95. The molecule has 124 valence electrons. The Morgan fingerprint density at radius 3 is 2.68 bits per heavy atom. The van der Waals surface area contributed by atoms with Gasteiger partial charge in [-0.15, -0.1) is 0 Å². The van der Waals surface area contributed by atoms with Gasteiger partial charge in [0, 0.05) is 5.69 Å². The van der Waals surface area contributed by atoms with Crippen molar-refractivity contribution in [3.05, 3.63) is 23.8 Å². The summed E-state index contributed by atoms with van der Waals surface area (Å²) in [5.74, 6) is 1.06. The molecule has 5 nitrogen and oxygen atoms in total. The van der Waals surface area contributed by atoms with Gasteiger partial charge in [0.2, 0.25) is 5.91 Å². The first kappa shape index (κ1) is 18.5. The topological polar surface area (TPSA) is 90.4 Å². The van der Waals surface area contributed by atoms with Gasteiger partial charge in [-0.3, -0.25) is 4.79 Å². The Labute approximate surface area is 133 Å². The maximum absolute atomic E-state index is 12.1. The van der Waals surface area contributed by atoms with Gasteiger partial charge in [0.05, 0.1) is 13.2 Å². The maximum Gasteiger partial charge on any atom is 0.241 e. The van der Waals surface area contributed by atoms with Crippen LogP contribution in [-0.2, 0) is 4.79 Å². The minimum atomic E-state index is -0.499. The Balaban J connectivity index is 2.74. The molecule has 1 aromatic rings. The number of ether oxygens (including phenoxy) is 1. The number of unbranched alkanes of at least 4 members (excludes halogenated alkanes) is 1.